The highest BCUT2D eigenvalue weighted by atomic mass is 35.5. The van der Waals surface area contributed by atoms with E-state index in [0.717, 1.165) is 5.56 Å². The standard InChI is InChI=1S/C20H23BClF2NO5S/c1-19(2)20(3,4)30-21(29-19)14-8-9-16(25-31(26,27)18(23)24)17(11-14)28-12-13-6-5-7-15(22)10-13/h5-11,18,25H,12H2,1-4H3. The Morgan fingerprint density at radius 2 is 1.74 bits per heavy atom. The summed E-state index contributed by atoms with van der Waals surface area (Å²) >= 11 is 5.98. The summed E-state index contributed by atoms with van der Waals surface area (Å²) in [6.45, 7) is 7.63. The molecule has 1 aliphatic rings. The monoisotopic (exact) mass is 473 g/mol. The average Bonchev–Trinajstić information content (AvgIpc) is 2.88. The van der Waals surface area contributed by atoms with Gasteiger partial charge in [0.2, 0.25) is 0 Å². The minimum Gasteiger partial charge on any atom is -0.487 e. The Hall–Kier alpha value is -1.88. The van der Waals surface area contributed by atoms with Gasteiger partial charge in [0.25, 0.3) is 10.0 Å². The smallest absolute Gasteiger partial charge is 0.487 e. The lowest BCUT2D eigenvalue weighted by Crippen LogP contribution is -2.41. The summed E-state index contributed by atoms with van der Waals surface area (Å²) in [7, 11) is -5.62. The number of sulfonamides is 1. The number of hydrogen-bond donors (Lipinski definition) is 1. The molecule has 0 aliphatic carbocycles. The van der Waals surface area contributed by atoms with E-state index in [1.165, 1.54) is 18.2 Å². The molecule has 0 saturated carbocycles. The second-order valence-corrected chi connectivity index (χ2v) is 10.3. The summed E-state index contributed by atoms with van der Waals surface area (Å²) in [4.78, 5) is 0. The average molecular weight is 474 g/mol. The Morgan fingerprint density at radius 3 is 2.32 bits per heavy atom. The minimum atomic E-state index is -4.88. The number of anilines is 1. The topological polar surface area (TPSA) is 73.9 Å². The van der Waals surface area contributed by atoms with E-state index < -0.39 is 34.1 Å². The molecule has 1 fully saturated rings. The van der Waals surface area contributed by atoms with Crippen molar-refractivity contribution in [1.82, 2.24) is 0 Å². The van der Waals surface area contributed by atoms with E-state index in [-0.39, 0.29) is 18.0 Å². The fourth-order valence-corrected chi connectivity index (χ4v) is 3.63. The number of alkyl halides is 2. The van der Waals surface area contributed by atoms with Crippen LogP contribution in [0.25, 0.3) is 0 Å². The third-order valence-corrected chi connectivity index (χ3v) is 6.51. The predicted molar refractivity (Wildman–Crippen MR) is 116 cm³/mol. The molecule has 1 saturated heterocycles. The summed E-state index contributed by atoms with van der Waals surface area (Å²) < 4.78 is 68.8. The molecular formula is C20H23BClF2NO5S. The Kier molecular flexibility index (Phi) is 6.58. The summed E-state index contributed by atoms with van der Waals surface area (Å²) in [5.74, 6) is -3.53. The first-order chi connectivity index (χ1) is 14.3. The van der Waals surface area contributed by atoms with Crippen LogP contribution in [0.1, 0.15) is 33.3 Å². The first kappa shape index (κ1) is 23.8. The molecular weight excluding hydrogens is 451 g/mol. The van der Waals surface area contributed by atoms with Crippen molar-refractivity contribution in [3.05, 3.63) is 53.1 Å². The third kappa shape index (κ3) is 5.31. The highest BCUT2D eigenvalue weighted by Crippen LogP contribution is 2.37. The van der Waals surface area contributed by atoms with Crippen molar-refractivity contribution in [2.45, 2.75) is 51.3 Å². The Labute approximate surface area is 186 Å². The van der Waals surface area contributed by atoms with Crippen molar-refractivity contribution < 1.29 is 31.2 Å². The van der Waals surface area contributed by atoms with E-state index in [4.69, 9.17) is 25.6 Å². The Bertz CT molecular complexity index is 1050. The fourth-order valence-electron chi connectivity index (χ4n) is 2.85. The Balaban J connectivity index is 1.92. The van der Waals surface area contributed by atoms with E-state index in [1.807, 2.05) is 32.4 Å². The number of hydrogen-bond acceptors (Lipinski definition) is 5. The molecule has 0 aromatic heterocycles. The van der Waals surface area contributed by atoms with Gasteiger partial charge in [0.1, 0.15) is 12.4 Å². The number of ether oxygens (including phenoxy) is 1. The van der Waals surface area contributed by atoms with E-state index in [0.29, 0.717) is 10.5 Å². The van der Waals surface area contributed by atoms with Crippen LogP contribution in [0, 0.1) is 0 Å². The van der Waals surface area contributed by atoms with Gasteiger partial charge in [0.05, 0.1) is 16.9 Å². The summed E-state index contributed by atoms with van der Waals surface area (Å²) in [6, 6.07) is 11.3. The first-order valence-electron chi connectivity index (χ1n) is 9.47. The van der Waals surface area contributed by atoms with Crippen molar-refractivity contribution in [2.24, 2.45) is 0 Å². The van der Waals surface area contributed by atoms with Crippen LogP contribution in [0.2, 0.25) is 5.02 Å². The van der Waals surface area contributed by atoms with Crippen molar-refractivity contribution >= 4 is 39.9 Å². The predicted octanol–water partition coefficient (Wildman–Crippen LogP) is 4.18. The maximum Gasteiger partial charge on any atom is 0.494 e. The molecule has 168 valence electrons. The number of nitrogens with one attached hydrogen (secondary N) is 1. The van der Waals surface area contributed by atoms with Crippen LogP contribution in [0.3, 0.4) is 0 Å². The molecule has 0 bridgehead atoms. The molecule has 3 rings (SSSR count). The molecule has 0 unspecified atom stereocenters. The zero-order valence-corrected chi connectivity index (χ0v) is 19.1. The largest absolute Gasteiger partial charge is 0.494 e. The van der Waals surface area contributed by atoms with Crippen LogP contribution in [-0.2, 0) is 25.9 Å². The first-order valence-corrected chi connectivity index (χ1v) is 11.4. The third-order valence-electron chi connectivity index (χ3n) is 5.30. The number of benzene rings is 2. The van der Waals surface area contributed by atoms with Gasteiger partial charge in [-0.2, -0.15) is 8.78 Å². The van der Waals surface area contributed by atoms with Crippen LogP contribution in [0.4, 0.5) is 14.5 Å². The van der Waals surface area contributed by atoms with Gasteiger partial charge < -0.3 is 14.0 Å². The van der Waals surface area contributed by atoms with Crippen molar-refractivity contribution in [2.75, 3.05) is 4.72 Å². The molecule has 6 nitrogen and oxygen atoms in total. The van der Waals surface area contributed by atoms with Crippen LogP contribution in [-0.4, -0.2) is 32.5 Å². The number of rotatable bonds is 7. The molecule has 31 heavy (non-hydrogen) atoms. The van der Waals surface area contributed by atoms with Gasteiger partial charge in [-0.3, -0.25) is 4.72 Å². The second kappa shape index (κ2) is 8.57. The molecule has 0 spiro atoms. The fraction of sp³-hybridized carbons (Fsp3) is 0.400. The maximum absolute atomic E-state index is 12.9. The highest BCUT2D eigenvalue weighted by molar-refractivity contribution is 7.93. The molecule has 0 atom stereocenters. The highest BCUT2D eigenvalue weighted by Gasteiger charge is 2.51. The van der Waals surface area contributed by atoms with Gasteiger partial charge >= 0.3 is 12.9 Å². The van der Waals surface area contributed by atoms with Crippen molar-refractivity contribution in [1.29, 1.82) is 0 Å². The summed E-state index contributed by atoms with van der Waals surface area (Å²) in [6.07, 6.45) is 0. The second-order valence-electron chi connectivity index (χ2n) is 8.17. The lowest BCUT2D eigenvalue weighted by Gasteiger charge is -2.32. The van der Waals surface area contributed by atoms with Crippen molar-refractivity contribution in [3.63, 3.8) is 0 Å². The minimum absolute atomic E-state index is 0.0385. The zero-order valence-electron chi connectivity index (χ0n) is 17.5. The van der Waals surface area contributed by atoms with Gasteiger partial charge in [0.15, 0.2) is 0 Å². The van der Waals surface area contributed by atoms with Gasteiger partial charge in [0, 0.05) is 5.02 Å². The van der Waals surface area contributed by atoms with Gasteiger partial charge in [-0.1, -0.05) is 29.8 Å². The summed E-state index contributed by atoms with van der Waals surface area (Å²) in [5, 5.41) is 0.505. The van der Waals surface area contributed by atoms with Crippen LogP contribution in [0.15, 0.2) is 42.5 Å². The molecule has 11 heteroatoms. The number of halogens is 3. The quantitative estimate of drug-likeness (QED) is 0.611. The SMILES string of the molecule is CC1(C)OB(c2ccc(NS(=O)(=O)C(F)F)c(OCc3cccc(Cl)c3)c2)OC1(C)C. The zero-order chi connectivity index (χ0) is 23.0. The van der Waals surface area contributed by atoms with Crippen molar-refractivity contribution in [3.8, 4) is 5.75 Å². The van der Waals surface area contributed by atoms with Gasteiger partial charge in [-0.05, 0) is 63.0 Å². The van der Waals surface area contributed by atoms with Crippen LogP contribution in [0.5, 0.6) is 5.75 Å². The molecule has 0 radical (unpaired) electrons. The molecule has 1 N–H and O–H groups in total. The molecule has 2 aromatic carbocycles. The van der Waals surface area contributed by atoms with Crippen LogP contribution < -0.4 is 14.9 Å². The molecule has 2 aromatic rings. The van der Waals surface area contributed by atoms with E-state index in [2.05, 4.69) is 0 Å². The lowest BCUT2D eigenvalue weighted by atomic mass is 9.79. The van der Waals surface area contributed by atoms with Crippen LogP contribution >= 0.6 is 11.6 Å². The Morgan fingerprint density at radius 1 is 1.10 bits per heavy atom. The maximum atomic E-state index is 12.9. The molecule has 1 heterocycles. The van der Waals surface area contributed by atoms with E-state index in [9.17, 15) is 17.2 Å². The lowest BCUT2D eigenvalue weighted by molar-refractivity contribution is 0.00578. The van der Waals surface area contributed by atoms with E-state index >= 15 is 0 Å². The van der Waals surface area contributed by atoms with E-state index in [1.54, 1.807) is 24.3 Å². The molecule has 1 aliphatic heterocycles. The molecule has 0 amide bonds. The normalized spacial score (nSPS) is 17.7. The van der Waals surface area contributed by atoms with Gasteiger partial charge in [-0.25, -0.2) is 8.42 Å². The summed E-state index contributed by atoms with van der Waals surface area (Å²) in [5.41, 5.74) is -0.0243. The van der Waals surface area contributed by atoms with Gasteiger partial charge in [-0.15, -0.1) is 0 Å².